The van der Waals surface area contributed by atoms with Gasteiger partial charge in [-0.2, -0.15) is 0 Å². The number of methoxy groups -OCH3 is 1. The molecule has 0 bridgehead atoms. The van der Waals surface area contributed by atoms with Crippen LogP contribution < -0.4 is 10.1 Å². The molecule has 0 aliphatic carbocycles. The molecular formula is C17H14Cl3NO4. The number of nitrogens with one attached hydrogen (secondary N) is 1. The second-order valence-electron chi connectivity index (χ2n) is 5.01. The Morgan fingerprint density at radius 2 is 1.76 bits per heavy atom. The molecule has 8 heteroatoms. The molecule has 0 aliphatic rings. The molecule has 2 aromatic carbocycles. The van der Waals surface area contributed by atoms with Crippen LogP contribution in [-0.2, 0) is 9.53 Å². The van der Waals surface area contributed by atoms with Gasteiger partial charge in [0.2, 0.25) is 0 Å². The van der Waals surface area contributed by atoms with E-state index in [1.54, 1.807) is 12.1 Å². The van der Waals surface area contributed by atoms with Crippen LogP contribution in [0.15, 0.2) is 36.4 Å². The van der Waals surface area contributed by atoms with Crippen molar-refractivity contribution in [2.45, 2.75) is 13.0 Å². The Morgan fingerprint density at radius 3 is 2.40 bits per heavy atom. The largest absolute Gasteiger partial charge is 0.495 e. The third kappa shape index (κ3) is 5.01. The normalized spacial score (nSPS) is 11.6. The first-order valence-electron chi connectivity index (χ1n) is 7.12. The van der Waals surface area contributed by atoms with E-state index < -0.39 is 18.0 Å². The zero-order chi connectivity index (χ0) is 18.6. The highest BCUT2D eigenvalue weighted by atomic mass is 35.5. The van der Waals surface area contributed by atoms with Crippen molar-refractivity contribution in [3.8, 4) is 5.75 Å². The molecule has 2 aromatic rings. The number of carbonyl (C=O) groups excluding carboxylic acids is 2. The molecular weight excluding hydrogens is 389 g/mol. The minimum Gasteiger partial charge on any atom is -0.495 e. The average molecular weight is 403 g/mol. The number of halogens is 3. The minimum atomic E-state index is -1.05. The van der Waals surface area contributed by atoms with Crippen LogP contribution in [0.5, 0.6) is 5.75 Å². The van der Waals surface area contributed by atoms with E-state index in [4.69, 9.17) is 44.3 Å². The first kappa shape index (κ1) is 19.4. The van der Waals surface area contributed by atoms with Gasteiger partial charge in [-0.15, -0.1) is 0 Å². The fourth-order valence-electron chi connectivity index (χ4n) is 1.92. The smallest absolute Gasteiger partial charge is 0.338 e. The van der Waals surface area contributed by atoms with Gasteiger partial charge in [0.15, 0.2) is 6.10 Å². The number of amides is 1. The van der Waals surface area contributed by atoms with Crippen LogP contribution in [0.2, 0.25) is 15.1 Å². The second kappa shape index (κ2) is 8.43. The Hall–Kier alpha value is -1.95. The molecule has 132 valence electrons. The molecule has 0 heterocycles. The monoisotopic (exact) mass is 401 g/mol. The Labute approximate surface area is 159 Å². The molecule has 0 saturated heterocycles. The van der Waals surface area contributed by atoms with Crippen LogP contribution in [0.4, 0.5) is 5.69 Å². The molecule has 1 amide bonds. The third-order valence-electron chi connectivity index (χ3n) is 3.23. The number of carbonyl (C=O) groups is 2. The molecule has 0 saturated carbocycles. The number of hydrogen-bond donors (Lipinski definition) is 1. The summed E-state index contributed by atoms with van der Waals surface area (Å²) in [4.78, 5) is 24.3. The van der Waals surface area contributed by atoms with E-state index in [2.05, 4.69) is 5.32 Å². The maximum atomic E-state index is 12.2. The maximum Gasteiger partial charge on any atom is 0.338 e. The highest BCUT2D eigenvalue weighted by Gasteiger charge is 2.20. The molecule has 0 aromatic heterocycles. The van der Waals surface area contributed by atoms with Gasteiger partial charge in [-0.1, -0.05) is 34.8 Å². The van der Waals surface area contributed by atoms with Crippen molar-refractivity contribution < 1.29 is 19.1 Å². The summed E-state index contributed by atoms with van der Waals surface area (Å²) in [7, 11) is 1.46. The van der Waals surface area contributed by atoms with E-state index >= 15 is 0 Å². The lowest BCUT2D eigenvalue weighted by Gasteiger charge is -2.15. The van der Waals surface area contributed by atoms with Gasteiger partial charge in [0.25, 0.3) is 5.91 Å². The van der Waals surface area contributed by atoms with Crippen molar-refractivity contribution in [3.63, 3.8) is 0 Å². The van der Waals surface area contributed by atoms with Crippen molar-refractivity contribution in [3.05, 3.63) is 57.0 Å². The summed E-state index contributed by atoms with van der Waals surface area (Å²) in [5.41, 5.74) is 0.562. The van der Waals surface area contributed by atoms with E-state index in [1.807, 2.05) is 0 Å². The zero-order valence-electron chi connectivity index (χ0n) is 13.3. The summed E-state index contributed by atoms with van der Waals surface area (Å²) in [5, 5.41) is 3.57. The molecule has 0 aliphatic heterocycles. The molecule has 0 fully saturated rings. The first-order valence-corrected chi connectivity index (χ1v) is 8.25. The SMILES string of the molecule is COc1ccc(Cl)cc1NC(=O)[C@@H](C)OC(=O)c1ccc(Cl)c(Cl)c1. The predicted octanol–water partition coefficient (Wildman–Crippen LogP) is 4.84. The van der Waals surface area contributed by atoms with Crippen molar-refractivity contribution in [1.29, 1.82) is 0 Å². The number of anilines is 1. The fourth-order valence-corrected chi connectivity index (χ4v) is 2.39. The van der Waals surface area contributed by atoms with E-state index in [0.29, 0.717) is 21.5 Å². The number of benzene rings is 2. The van der Waals surface area contributed by atoms with Crippen LogP contribution in [0.3, 0.4) is 0 Å². The number of rotatable bonds is 5. The zero-order valence-corrected chi connectivity index (χ0v) is 15.6. The van der Waals surface area contributed by atoms with Crippen LogP contribution in [0, 0.1) is 0 Å². The van der Waals surface area contributed by atoms with E-state index in [1.165, 1.54) is 38.3 Å². The lowest BCUT2D eigenvalue weighted by atomic mass is 10.2. The Morgan fingerprint density at radius 1 is 1.04 bits per heavy atom. The van der Waals surface area contributed by atoms with E-state index in [-0.39, 0.29) is 10.6 Å². The standard InChI is InChI=1S/C17H14Cl3NO4/c1-9(25-17(23)10-3-5-12(19)13(20)7-10)16(22)21-14-8-11(18)4-6-15(14)24-2/h3-9H,1-2H3,(H,21,22)/t9-/m1/s1. The van der Waals surface area contributed by atoms with Gasteiger partial charge in [-0.05, 0) is 43.3 Å². The Kier molecular flexibility index (Phi) is 6.53. The first-order chi connectivity index (χ1) is 11.8. The highest BCUT2D eigenvalue weighted by molar-refractivity contribution is 6.42. The van der Waals surface area contributed by atoms with Crippen LogP contribution >= 0.6 is 34.8 Å². The van der Waals surface area contributed by atoms with E-state index in [9.17, 15) is 9.59 Å². The van der Waals surface area contributed by atoms with Gasteiger partial charge < -0.3 is 14.8 Å². The number of hydrogen-bond acceptors (Lipinski definition) is 4. The van der Waals surface area contributed by atoms with Gasteiger partial charge in [0.1, 0.15) is 5.75 Å². The molecule has 25 heavy (non-hydrogen) atoms. The average Bonchev–Trinajstić information content (AvgIpc) is 2.57. The Bertz CT molecular complexity index is 810. The van der Waals surface area contributed by atoms with E-state index in [0.717, 1.165) is 0 Å². The lowest BCUT2D eigenvalue weighted by Crippen LogP contribution is -2.30. The van der Waals surface area contributed by atoms with Crippen molar-refractivity contribution in [2.75, 3.05) is 12.4 Å². The maximum absolute atomic E-state index is 12.2. The topological polar surface area (TPSA) is 64.6 Å². The van der Waals surface area contributed by atoms with Gasteiger partial charge in [0.05, 0.1) is 28.4 Å². The Balaban J connectivity index is 2.06. The van der Waals surface area contributed by atoms with Gasteiger partial charge in [-0.3, -0.25) is 4.79 Å². The molecule has 0 radical (unpaired) electrons. The molecule has 1 N–H and O–H groups in total. The quantitative estimate of drug-likeness (QED) is 0.727. The molecule has 0 spiro atoms. The summed E-state index contributed by atoms with van der Waals surface area (Å²) < 4.78 is 10.3. The third-order valence-corrected chi connectivity index (χ3v) is 4.20. The van der Waals surface area contributed by atoms with Gasteiger partial charge >= 0.3 is 5.97 Å². The minimum absolute atomic E-state index is 0.189. The summed E-state index contributed by atoms with van der Waals surface area (Å²) >= 11 is 17.6. The van der Waals surface area contributed by atoms with Crippen molar-refractivity contribution >= 4 is 52.4 Å². The summed E-state index contributed by atoms with van der Waals surface area (Å²) in [6.45, 7) is 1.45. The highest BCUT2D eigenvalue weighted by Crippen LogP contribution is 2.28. The van der Waals surface area contributed by atoms with Crippen LogP contribution in [0.1, 0.15) is 17.3 Å². The predicted molar refractivity (Wildman–Crippen MR) is 98.0 cm³/mol. The molecule has 5 nitrogen and oxygen atoms in total. The van der Waals surface area contributed by atoms with Crippen LogP contribution in [0.25, 0.3) is 0 Å². The summed E-state index contributed by atoms with van der Waals surface area (Å²) in [6, 6.07) is 9.08. The summed E-state index contributed by atoms with van der Waals surface area (Å²) in [6.07, 6.45) is -1.05. The van der Waals surface area contributed by atoms with Crippen LogP contribution in [-0.4, -0.2) is 25.1 Å². The van der Waals surface area contributed by atoms with Gasteiger partial charge in [-0.25, -0.2) is 4.79 Å². The molecule has 2 rings (SSSR count). The number of ether oxygens (including phenoxy) is 2. The molecule has 0 unspecified atom stereocenters. The fraction of sp³-hybridized carbons (Fsp3) is 0.176. The second-order valence-corrected chi connectivity index (χ2v) is 6.26. The van der Waals surface area contributed by atoms with Crippen molar-refractivity contribution in [1.82, 2.24) is 0 Å². The molecule has 1 atom stereocenters. The van der Waals surface area contributed by atoms with Gasteiger partial charge in [0, 0.05) is 5.02 Å². The lowest BCUT2D eigenvalue weighted by molar-refractivity contribution is -0.123. The van der Waals surface area contributed by atoms with Crippen molar-refractivity contribution in [2.24, 2.45) is 0 Å². The summed E-state index contributed by atoms with van der Waals surface area (Å²) in [5.74, 6) is -0.797. The number of esters is 1.